The van der Waals surface area contributed by atoms with Crippen molar-refractivity contribution in [2.45, 2.75) is 19.0 Å². The Morgan fingerprint density at radius 2 is 1.70 bits per heavy atom. The van der Waals surface area contributed by atoms with Crippen LogP contribution >= 0.6 is 11.8 Å². The van der Waals surface area contributed by atoms with Crippen LogP contribution in [0, 0.1) is 0 Å². The van der Waals surface area contributed by atoms with Gasteiger partial charge in [-0.1, -0.05) is 36.0 Å². The zero-order chi connectivity index (χ0) is 31.2. The van der Waals surface area contributed by atoms with Gasteiger partial charge in [-0.05, 0) is 53.8 Å². The Balaban J connectivity index is 1.27. The minimum absolute atomic E-state index is 0.184. The Morgan fingerprint density at radius 3 is 2.43 bits per heavy atom. The molecule has 1 fully saturated rings. The number of hydrogen-bond acceptors (Lipinski definition) is 5. The molecule has 1 saturated heterocycles. The lowest BCUT2D eigenvalue weighted by molar-refractivity contribution is -0.274. The largest absolute Gasteiger partial charge is 0.573 e. The Bertz CT molecular complexity index is 2000. The summed E-state index contributed by atoms with van der Waals surface area (Å²) >= 11 is 0.840. The van der Waals surface area contributed by atoms with E-state index in [1.165, 1.54) is 42.7 Å². The number of halogens is 6. The number of thioether (sulfide) groups is 1. The summed E-state index contributed by atoms with van der Waals surface area (Å²) in [5.74, 6) is -1.18. The number of para-hydroxylation sites is 1. The lowest BCUT2D eigenvalue weighted by Crippen LogP contribution is -2.32. The molecule has 15 heteroatoms. The summed E-state index contributed by atoms with van der Waals surface area (Å²) in [6.07, 6.45) is -4.33. The predicted molar refractivity (Wildman–Crippen MR) is 152 cm³/mol. The number of anilines is 1. The van der Waals surface area contributed by atoms with Crippen molar-refractivity contribution in [3.8, 4) is 11.4 Å². The first kappa shape index (κ1) is 29.2. The molecular weight excluding hydrogens is 612 g/mol. The van der Waals surface area contributed by atoms with Crippen LogP contribution in [0.2, 0.25) is 0 Å². The van der Waals surface area contributed by atoms with Gasteiger partial charge in [0, 0.05) is 17.3 Å². The summed E-state index contributed by atoms with van der Waals surface area (Å²) in [4.78, 5) is 38.3. The van der Waals surface area contributed by atoms with Crippen molar-refractivity contribution in [2.24, 2.45) is 9.98 Å². The van der Waals surface area contributed by atoms with Gasteiger partial charge in [-0.15, -0.1) is 13.2 Å². The molecule has 0 atom stereocenters. The molecule has 0 radical (unpaired) electrons. The second-order valence-electron chi connectivity index (χ2n) is 9.46. The van der Waals surface area contributed by atoms with Gasteiger partial charge in [0.2, 0.25) is 5.91 Å². The van der Waals surface area contributed by atoms with Crippen LogP contribution in [0.1, 0.15) is 12.0 Å². The van der Waals surface area contributed by atoms with Crippen LogP contribution in [0.15, 0.2) is 77.0 Å². The van der Waals surface area contributed by atoms with E-state index in [1.54, 1.807) is 28.9 Å². The van der Waals surface area contributed by atoms with E-state index >= 15 is 0 Å². The summed E-state index contributed by atoms with van der Waals surface area (Å²) in [5, 5.41) is 1.24. The Hall–Kier alpha value is -4.92. The van der Waals surface area contributed by atoms with Crippen molar-refractivity contribution in [1.29, 1.82) is 0 Å². The lowest BCUT2D eigenvalue weighted by Gasteiger charge is -2.20. The van der Waals surface area contributed by atoms with E-state index in [9.17, 15) is 35.9 Å². The van der Waals surface area contributed by atoms with E-state index in [1.807, 2.05) is 0 Å². The van der Waals surface area contributed by atoms with Crippen LogP contribution < -0.4 is 20.1 Å². The molecular formula is C29H17F6N5O3S. The van der Waals surface area contributed by atoms with Crippen molar-refractivity contribution in [3.63, 3.8) is 0 Å². The van der Waals surface area contributed by atoms with Crippen molar-refractivity contribution in [3.05, 3.63) is 83.0 Å². The molecule has 2 heterocycles. The fraction of sp³-hybridized carbons (Fsp3) is 0.138. The predicted octanol–water partition coefficient (Wildman–Crippen LogP) is 5.60. The minimum Gasteiger partial charge on any atom is -0.406 e. The second kappa shape index (κ2) is 11.0. The van der Waals surface area contributed by atoms with Crippen LogP contribution in [-0.4, -0.2) is 44.5 Å². The van der Waals surface area contributed by atoms with Crippen LogP contribution in [0.3, 0.4) is 0 Å². The number of alkyl halides is 6. The number of carbonyl (C=O) groups is 2. The Labute approximate surface area is 247 Å². The number of ether oxygens (including phenoxy) is 1. The average Bonchev–Trinajstić information content (AvgIpc) is 3.55. The Morgan fingerprint density at radius 1 is 0.955 bits per heavy atom. The van der Waals surface area contributed by atoms with Crippen molar-refractivity contribution in [1.82, 2.24) is 9.55 Å². The average molecular weight is 630 g/mol. The molecule has 0 spiro atoms. The number of nitrogens with zero attached hydrogens (tertiary/aromatic N) is 5. The molecule has 1 aliphatic carbocycles. The highest BCUT2D eigenvalue weighted by Crippen LogP contribution is 2.39. The van der Waals surface area contributed by atoms with Gasteiger partial charge in [0.25, 0.3) is 0 Å². The number of hydrogen-bond donors (Lipinski definition) is 0. The normalized spacial score (nSPS) is 17.1. The summed E-state index contributed by atoms with van der Waals surface area (Å²) in [6.45, 7) is 0. The molecule has 0 saturated carbocycles. The van der Waals surface area contributed by atoms with Gasteiger partial charge < -0.3 is 4.74 Å². The van der Waals surface area contributed by atoms with Gasteiger partial charge in [0.15, 0.2) is 5.17 Å². The number of imidazole rings is 1. The van der Waals surface area contributed by atoms with Gasteiger partial charge in [0.05, 0.1) is 33.7 Å². The van der Waals surface area contributed by atoms with E-state index in [0.29, 0.717) is 27.7 Å². The molecule has 6 rings (SSSR count). The first-order valence-corrected chi connectivity index (χ1v) is 13.7. The summed E-state index contributed by atoms with van der Waals surface area (Å²) in [5.41, 5.74) is 0.735. The zero-order valence-electron chi connectivity index (χ0n) is 22.1. The summed E-state index contributed by atoms with van der Waals surface area (Å²) in [7, 11) is 0. The lowest BCUT2D eigenvalue weighted by atomic mass is 10.0. The zero-order valence-corrected chi connectivity index (χ0v) is 22.9. The molecule has 0 N–H and O–H groups in total. The summed E-state index contributed by atoms with van der Waals surface area (Å²) in [6, 6.07) is 12.4. The Kier molecular flexibility index (Phi) is 7.27. The second-order valence-corrected chi connectivity index (χ2v) is 10.4. The SMILES string of the molecule is O=C(N=C1C=c2ccc3c(ncn3-c3ccc(OC(F)(F)F)cc3)c2=CC1)N=C1SCC(=O)N1c1ccccc1C(F)(F)F. The van der Waals surface area contributed by atoms with Gasteiger partial charge in [-0.25, -0.2) is 9.78 Å². The maximum atomic E-state index is 13.6. The minimum atomic E-state index is -4.80. The van der Waals surface area contributed by atoms with E-state index in [2.05, 4.69) is 19.7 Å². The van der Waals surface area contributed by atoms with Crippen LogP contribution in [-0.2, 0) is 11.0 Å². The molecule has 224 valence electrons. The first-order chi connectivity index (χ1) is 20.9. The third-order valence-electron chi connectivity index (χ3n) is 6.62. The maximum Gasteiger partial charge on any atom is 0.573 e. The van der Waals surface area contributed by atoms with Crippen molar-refractivity contribution >= 4 is 63.5 Å². The van der Waals surface area contributed by atoms with E-state index in [-0.39, 0.29) is 23.1 Å². The van der Waals surface area contributed by atoms with Crippen LogP contribution in [0.4, 0.5) is 36.8 Å². The smallest absolute Gasteiger partial charge is 0.406 e. The van der Waals surface area contributed by atoms with E-state index < -0.39 is 35.7 Å². The van der Waals surface area contributed by atoms with Gasteiger partial charge >= 0.3 is 18.6 Å². The third kappa shape index (κ3) is 5.82. The number of aliphatic imine (C=N–C) groups is 2. The van der Waals surface area contributed by atoms with Crippen molar-refractivity contribution < 1.29 is 40.7 Å². The van der Waals surface area contributed by atoms with Crippen LogP contribution in [0.25, 0.3) is 28.9 Å². The third-order valence-corrected chi connectivity index (χ3v) is 7.55. The number of benzene rings is 3. The number of aromatic nitrogens is 2. The number of fused-ring (bicyclic) bond motifs is 3. The van der Waals surface area contributed by atoms with Gasteiger partial charge in [-0.2, -0.15) is 23.2 Å². The van der Waals surface area contributed by atoms with Crippen molar-refractivity contribution in [2.75, 3.05) is 10.7 Å². The molecule has 0 unspecified atom stereocenters. The maximum absolute atomic E-state index is 13.6. The fourth-order valence-electron chi connectivity index (χ4n) is 4.82. The molecule has 2 aliphatic rings. The quantitative estimate of drug-likeness (QED) is 0.275. The molecule has 44 heavy (non-hydrogen) atoms. The number of amidine groups is 1. The highest BCUT2D eigenvalue weighted by atomic mass is 32.2. The molecule has 1 aliphatic heterocycles. The molecule has 8 nitrogen and oxygen atoms in total. The number of rotatable bonds is 3. The number of urea groups is 1. The molecule has 0 bridgehead atoms. The summed E-state index contributed by atoms with van der Waals surface area (Å²) < 4.78 is 83.8. The van der Waals surface area contributed by atoms with Gasteiger partial charge in [0.1, 0.15) is 12.1 Å². The van der Waals surface area contributed by atoms with Gasteiger partial charge in [-0.3, -0.25) is 14.3 Å². The monoisotopic (exact) mass is 629 g/mol. The molecule has 3 amide bonds. The molecule has 1 aromatic heterocycles. The fourth-order valence-corrected chi connectivity index (χ4v) is 5.67. The van der Waals surface area contributed by atoms with Crippen LogP contribution in [0.5, 0.6) is 5.75 Å². The topological polar surface area (TPSA) is 89.1 Å². The highest BCUT2D eigenvalue weighted by molar-refractivity contribution is 8.15. The standard InChI is InChI=1S/C29H17F6N5O3S/c30-28(31,32)21-3-1-2-4-22(21)40-24(41)14-44-27(40)38-26(42)37-17-6-11-20-16(13-17)5-12-23-25(20)36-15-39(23)18-7-9-19(10-8-18)43-29(33,34)35/h1-5,7-13,15H,6,14H2. The highest BCUT2D eigenvalue weighted by Gasteiger charge is 2.39. The number of amides is 3. The van der Waals surface area contributed by atoms with E-state index in [0.717, 1.165) is 34.0 Å². The first-order valence-electron chi connectivity index (χ1n) is 12.7. The van der Waals surface area contributed by atoms with E-state index in [4.69, 9.17) is 0 Å². The molecule has 4 aromatic rings. The molecule has 3 aromatic carbocycles. The number of carbonyl (C=O) groups excluding carboxylic acids is 2.